The lowest BCUT2D eigenvalue weighted by molar-refractivity contribution is -0.0242. The van der Waals surface area contributed by atoms with Crippen LogP contribution >= 0.6 is 10.7 Å². The third-order valence-electron chi connectivity index (χ3n) is 2.05. The van der Waals surface area contributed by atoms with Crippen molar-refractivity contribution in [2.24, 2.45) is 0 Å². The van der Waals surface area contributed by atoms with Crippen LogP contribution in [0.3, 0.4) is 0 Å². The van der Waals surface area contributed by atoms with Crippen molar-refractivity contribution in [3.8, 4) is 0 Å². The largest absolute Gasteiger partial charge is 0.457 e. The molecule has 4 nitrogen and oxygen atoms in total. The highest BCUT2D eigenvalue weighted by atomic mass is 35.7. The van der Waals surface area contributed by atoms with Crippen molar-refractivity contribution in [2.75, 3.05) is 0 Å². The topological polar surface area (TPSA) is 52.6 Å². The van der Waals surface area contributed by atoms with E-state index in [0.717, 1.165) is 11.8 Å². The van der Waals surface area contributed by atoms with Crippen LogP contribution in [0.2, 0.25) is 0 Å². The van der Waals surface area contributed by atoms with Crippen LogP contribution in [0.5, 0.6) is 0 Å². The fraction of sp³-hybridized carbons (Fsp3) is 0.200. The van der Waals surface area contributed by atoms with Crippen LogP contribution in [0.1, 0.15) is 5.56 Å². The van der Waals surface area contributed by atoms with Crippen LogP contribution in [-0.4, -0.2) is 14.7 Å². The standard InChI is InChI=1S/C10H9ClO4S/c11-16(12,13)10-7-14-9(15-10)6-8-4-2-1-3-5-8/h1-5,7,9H,6H2. The van der Waals surface area contributed by atoms with E-state index >= 15 is 0 Å². The van der Waals surface area contributed by atoms with E-state index in [0.29, 0.717) is 6.42 Å². The predicted molar refractivity (Wildman–Crippen MR) is 59.0 cm³/mol. The first-order valence-corrected chi connectivity index (χ1v) is 6.87. The molecule has 0 amide bonds. The van der Waals surface area contributed by atoms with Gasteiger partial charge in [-0.3, -0.25) is 0 Å². The highest BCUT2D eigenvalue weighted by Crippen LogP contribution is 2.24. The first-order chi connectivity index (χ1) is 7.55. The molecule has 0 aromatic heterocycles. The van der Waals surface area contributed by atoms with Crippen LogP contribution < -0.4 is 0 Å². The van der Waals surface area contributed by atoms with Gasteiger partial charge in [0.05, 0.1) is 0 Å². The Morgan fingerprint density at radius 2 is 1.94 bits per heavy atom. The van der Waals surface area contributed by atoms with E-state index in [1.165, 1.54) is 0 Å². The van der Waals surface area contributed by atoms with Gasteiger partial charge < -0.3 is 9.47 Å². The average Bonchev–Trinajstić information content (AvgIpc) is 2.67. The Bertz CT molecular complexity index is 495. The molecule has 1 atom stereocenters. The minimum Gasteiger partial charge on any atom is -0.457 e. The molecule has 6 heteroatoms. The molecule has 0 saturated heterocycles. The van der Waals surface area contributed by atoms with Crippen molar-refractivity contribution in [1.82, 2.24) is 0 Å². The quantitative estimate of drug-likeness (QED) is 0.780. The lowest BCUT2D eigenvalue weighted by atomic mass is 10.1. The van der Waals surface area contributed by atoms with Crippen LogP contribution in [-0.2, 0) is 24.9 Å². The maximum absolute atomic E-state index is 10.9. The van der Waals surface area contributed by atoms with Crippen molar-refractivity contribution in [3.63, 3.8) is 0 Å². The van der Waals surface area contributed by atoms with E-state index in [2.05, 4.69) is 0 Å². The van der Waals surface area contributed by atoms with E-state index in [1.807, 2.05) is 30.3 Å². The lowest BCUT2D eigenvalue weighted by Crippen LogP contribution is -2.13. The summed E-state index contributed by atoms with van der Waals surface area (Å²) in [5, 5.41) is -0.338. The van der Waals surface area contributed by atoms with Gasteiger partial charge >= 0.3 is 0 Å². The summed E-state index contributed by atoms with van der Waals surface area (Å²) in [7, 11) is 1.27. The highest BCUT2D eigenvalue weighted by molar-refractivity contribution is 8.16. The molecular formula is C10H9ClO4S. The van der Waals surface area contributed by atoms with Gasteiger partial charge in [-0.25, -0.2) is 8.42 Å². The van der Waals surface area contributed by atoms with Crippen LogP contribution in [0.25, 0.3) is 0 Å². The van der Waals surface area contributed by atoms with Crippen molar-refractivity contribution in [1.29, 1.82) is 0 Å². The third-order valence-corrected chi connectivity index (χ3v) is 3.18. The average molecular weight is 261 g/mol. The number of halogens is 1. The molecule has 0 aliphatic carbocycles. The molecule has 0 radical (unpaired) electrons. The molecule has 0 fully saturated rings. The molecule has 1 aromatic carbocycles. The number of benzene rings is 1. The van der Waals surface area contributed by atoms with Gasteiger partial charge in [-0.05, 0) is 5.56 Å². The summed E-state index contributed by atoms with van der Waals surface area (Å²) in [5.74, 6) is 0. The molecule has 1 aliphatic heterocycles. The minimum absolute atomic E-state index is 0.338. The molecule has 1 aliphatic rings. The summed E-state index contributed by atoms with van der Waals surface area (Å²) in [6.07, 6.45) is 0.856. The Kier molecular flexibility index (Phi) is 3.07. The molecule has 2 rings (SSSR count). The smallest absolute Gasteiger partial charge is 0.297 e. The van der Waals surface area contributed by atoms with Gasteiger partial charge in [0.2, 0.25) is 6.29 Å². The summed E-state index contributed by atoms with van der Waals surface area (Å²) >= 11 is 0. The molecule has 0 saturated carbocycles. The number of hydrogen-bond acceptors (Lipinski definition) is 4. The van der Waals surface area contributed by atoms with Crippen LogP contribution in [0, 0.1) is 0 Å². The molecule has 86 valence electrons. The van der Waals surface area contributed by atoms with Crippen LogP contribution in [0.15, 0.2) is 41.7 Å². The summed E-state index contributed by atoms with van der Waals surface area (Å²) in [4.78, 5) is 0. The zero-order valence-corrected chi connectivity index (χ0v) is 9.74. The maximum Gasteiger partial charge on any atom is 0.297 e. The van der Waals surface area contributed by atoms with Gasteiger partial charge in [-0.2, -0.15) is 0 Å². The minimum atomic E-state index is -3.84. The molecule has 0 spiro atoms. The second kappa shape index (κ2) is 4.35. The second-order valence-corrected chi connectivity index (χ2v) is 5.74. The molecule has 1 unspecified atom stereocenters. The molecule has 16 heavy (non-hydrogen) atoms. The zero-order valence-electron chi connectivity index (χ0n) is 8.17. The molecule has 0 N–H and O–H groups in total. The van der Waals surface area contributed by atoms with E-state index in [1.54, 1.807) is 0 Å². The SMILES string of the molecule is O=S(=O)(Cl)C1=COC(Cc2ccccc2)O1. The third kappa shape index (κ3) is 2.68. The van der Waals surface area contributed by atoms with Crippen molar-refractivity contribution in [2.45, 2.75) is 12.7 Å². The summed E-state index contributed by atoms with van der Waals surface area (Å²) in [6, 6.07) is 9.47. The van der Waals surface area contributed by atoms with E-state index in [-0.39, 0.29) is 5.09 Å². The zero-order chi connectivity index (χ0) is 11.6. The van der Waals surface area contributed by atoms with Gasteiger partial charge in [-0.1, -0.05) is 30.3 Å². The van der Waals surface area contributed by atoms with E-state index < -0.39 is 15.3 Å². The Hall–Kier alpha value is -1.20. The molecular weight excluding hydrogens is 252 g/mol. The van der Waals surface area contributed by atoms with Gasteiger partial charge in [-0.15, -0.1) is 0 Å². The van der Waals surface area contributed by atoms with Gasteiger partial charge in [0.25, 0.3) is 14.1 Å². The Morgan fingerprint density at radius 1 is 1.25 bits per heavy atom. The van der Waals surface area contributed by atoms with Crippen molar-refractivity contribution < 1.29 is 17.9 Å². The number of hydrogen-bond donors (Lipinski definition) is 0. The monoisotopic (exact) mass is 260 g/mol. The van der Waals surface area contributed by atoms with Gasteiger partial charge in [0.15, 0.2) is 0 Å². The van der Waals surface area contributed by atoms with Crippen molar-refractivity contribution in [3.05, 3.63) is 47.2 Å². The predicted octanol–water partition coefficient (Wildman–Crippen LogP) is 1.97. The molecule has 1 aromatic rings. The first-order valence-electron chi connectivity index (χ1n) is 4.56. The van der Waals surface area contributed by atoms with Crippen LogP contribution in [0.4, 0.5) is 0 Å². The fourth-order valence-corrected chi connectivity index (χ4v) is 1.94. The normalized spacial score (nSPS) is 19.8. The summed E-state index contributed by atoms with van der Waals surface area (Å²) < 4.78 is 31.9. The molecule has 1 heterocycles. The van der Waals surface area contributed by atoms with Gasteiger partial charge in [0, 0.05) is 17.1 Å². The van der Waals surface area contributed by atoms with E-state index in [9.17, 15) is 8.42 Å². The highest BCUT2D eigenvalue weighted by Gasteiger charge is 2.28. The lowest BCUT2D eigenvalue weighted by Gasteiger charge is -2.10. The first kappa shape index (κ1) is 11.3. The summed E-state index contributed by atoms with van der Waals surface area (Å²) in [5.41, 5.74) is 0.995. The molecule has 0 bridgehead atoms. The Morgan fingerprint density at radius 3 is 2.50 bits per heavy atom. The second-order valence-electron chi connectivity index (χ2n) is 3.25. The summed E-state index contributed by atoms with van der Waals surface area (Å²) in [6.45, 7) is 0. The number of rotatable bonds is 3. The van der Waals surface area contributed by atoms with Gasteiger partial charge in [0.1, 0.15) is 6.26 Å². The maximum atomic E-state index is 10.9. The number of ether oxygens (including phenoxy) is 2. The van der Waals surface area contributed by atoms with Crippen molar-refractivity contribution >= 4 is 19.7 Å². The van der Waals surface area contributed by atoms with E-state index in [4.69, 9.17) is 20.2 Å². The fourth-order valence-electron chi connectivity index (χ4n) is 1.33. The Labute approximate surface area is 97.9 Å². The Balaban J connectivity index is 1.98.